The Morgan fingerprint density at radius 1 is 1.33 bits per heavy atom. The van der Waals surface area contributed by atoms with Gasteiger partial charge >= 0.3 is 0 Å². The van der Waals surface area contributed by atoms with E-state index in [1.807, 2.05) is 30.3 Å². The quantitative estimate of drug-likeness (QED) is 0.729. The van der Waals surface area contributed by atoms with Crippen molar-refractivity contribution in [2.24, 2.45) is 0 Å². The molecule has 0 aliphatic heterocycles. The molecule has 2 aromatic rings. The molecular formula is C10H8ClN3O. The summed E-state index contributed by atoms with van der Waals surface area (Å²) >= 11 is 5.35. The van der Waals surface area contributed by atoms with Gasteiger partial charge in [-0.2, -0.15) is 0 Å². The van der Waals surface area contributed by atoms with E-state index in [4.69, 9.17) is 11.6 Å². The van der Waals surface area contributed by atoms with Crippen molar-refractivity contribution < 1.29 is 4.79 Å². The van der Waals surface area contributed by atoms with Crippen LogP contribution in [-0.4, -0.2) is 20.2 Å². The maximum absolute atomic E-state index is 11.0. The monoisotopic (exact) mass is 221 g/mol. The molecule has 0 atom stereocenters. The molecule has 1 aromatic heterocycles. The number of carbonyl (C=O) groups is 1. The first-order valence-corrected chi connectivity index (χ1v) is 4.75. The lowest BCUT2D eigenvalue weighted by Gasteiger charge is -2.01. The average Bonchev–Trinajstić information content (AvgIpc) is 2.61. The minimum atomic E-state index is -0.588. The van der Waals surface area contributed by atoms with Gasteiger partial charge in [0.15, 0.2) is 5.69 Å². The first-order valence-electron chi connectivity index (χ1n) is 4.37. The summed E-state index contributed by atoms with van der Waals surface area (Å²) in [6.07, 6.45) is 0. The summed E-state index contributed by atoms with van der Waals surface area (Å²) < 4.78 is 1.58. The maximum Gasteiger partial charge on any atom is 0.274 e. The molecule has 0 aliphatic carbocycles. The third-order valence-electron chi connectivity index (χ3n) is 2.08. The summed E-state index contributed by atoms with van der Waals surface area (Å²) in [5, 5.41) is 7.00. The van der Waals surface area contributed by atoms with Crippen molar-refractivity contribution in [3.63, 3.8) is 0 Å². The minimum Gasteiger partial charge on any atom is -0.274 e. The maximum atomic E-state index is 11.0. The SMILES string of the molecule is Cc1c(C(=O)Cl)nnn1-c1ccccc1. The normalized spacial score (nSPS) is 10.3. The van der Waals surface area contributed by atoms with Crippen LogP contribution in [0.3, 0.4) is 0 Å². The van der Waals surface area contributed by atoms with Gasteiger partial charge in [-0.25, -0.2) is 4.68 Å². The van der Waals surface area contributed by atoms with E-state index in [0.29, 0.717) is 5.69 Å². The summed E-state index contributed by atoms with van der Waals surface area (Å²) in [5.41, 5.74) is 1.69. The Balaban J connectivity index is 2.52. The Hall–Kier alpha value is -1.68. The molecule has 0 saturated heterocycles. The molecule has 5 heteroatoms. The predicted octanol–water partition coefficient (Wildman–Crippen LogP) is 1.95. The molecule has 0 N–H and O–H groups in total. The number of aromatic nitrogens is 3. The Kier molecular flexibility index (Phi) is 2.51. The van der Waals surface area contributed by atoms with Crippen molar-refractivity contribution in [2.75, 3.05) is 0 Å². The van der Waals surface area contributed by atoms with Gasteiger partial charge < -0.3 is 0 Å². The summed E-state index contributed by atoms with van der Waals surface area (Å²) in [6.45, 7) is 1.75. The molecule has 0 radical (unpaired) electrons. The molecule has 0 spiro atoms. The van der Waals surface area contributed by atoms with E-state index in [2.05, 4.69) is 10.3 Å². The van der Waals surface area contributed by atoms with Crippen LogP contribution in [0.15, 0.2) is 30.3 Å². The highest BCUT2D eigenvalue weighted by Gasteiger charge is 2.14. The number of nitrogens with zero attached hydrogens (tertiary/aromatic N) is 3. The Labute approximate surface area is 91.5 Å². The van der Waals surface area contributed by atoms with Crippen LogP contribution in [0.1, 0.15) is 16.2 Å². The van der Waals surface area contributed by atoms with Crippen LogP contribution in [0.25, 0.3) is 5.69 Å². The first kappa shape index (κ1) is 9.86. The molecule has 76 valence electrons. The minimum absolute atomic E-state index is 0.195. The second-order valence-corrected chi connectivity index (χ2v) is 3.39. The average molecular weight is 222 g/mol. The fourth-order valence-corrected chi connectivity index (χ4v) is 1.50. The summed E-state index contributed by atoms with van der Waals surface area (Å²) in [6, 6.07) is 9.44. The zero-order valence-electron chi connectivity index (χ0n) is 8.01. The molecule has 1 heterocycles. The Morgan fingerprint density at radius 2 is 2.00 bits per heavy atom. The molecule has 2 rings (SSSR count). The zero-order chi connectivity index (χ0) is 10.8. The fourth-order valence-electron chi connectivity index (χ4n) is 1.33. The fraction of sp³-hybridized carbons (Fsp3) is 0.100. The molecule has 0 fully saturated rings. The summed E-state index contributed by atoms with van der Waals surface area (Å²) in [5.74, 6) is 0. The van der Waals surface area contributed by atoms with Gasteiger partial charge in [0, 0.05) is 0 Å². The Morgan fingerprint density at radius 3 is 2.53 bits per heavy atom. The van der Waals surface area contributed by atoms with Crippen molar-refractivity contribution in [1.82, 2.24) is 15.0 Å². The van der Waals surface area contributed by atoms with E-state index in [-0.39, 0.29) is 5.69 Å². The number of halogens is 1. The van der Waals surface area contributed by atoms with Crippen LogP contribution in [0, 0.1) is 6.92 Å². The van der Waals surface area contributed by atoms with Gasteiger partial charge in [-0.3, -0.25) is 4.79 Å². The van der Waals surface area contributed by atoms with Crippen LogP contribution in [0.5, 0.6) is 0 Å². The van der Waals surface area contributed by atoms with E-state index in [0.717, 1.165) is 5.69 Å². The predicted molar refractivity (Wildman–Crippen MR) is 56.3 cm³/mol. The van der Waals surface area contributed by atoms with E-state index < -0.39 is 5.24 Å². The van der Waals surface area contributed by atoms with Crippen LogP contribution < -0.4 is 0 Å². The van der Waals surface area contributed by atoms with Gasteiger partial charge in [-0.15, -0.1) is 5.10 Å². The summed E-state index contributed by atoms with van der Waals surface area (Å²) in [7, 11) is 0. The van der Waals surface area contributed by atoms with Gasteiger partial charge in [-0.05, 0) is 30.7 Å². The number of para-hydroxylation sites is 1. The number of hydrogen-bond donors (Lipinski definition) is 0. The van der Waals surface area contributed by atoms with Crippen molar-refractivity contribution >= 4 is 16.8 Å². The smallest absolute Gasteiger partial charge is 0.274 e. The highest BCUT2D eigenvalue weighted by molar-refractivity contribution is 6.67. The number of carbonyl (C=O) groups excluding carboxylic acids is 1. The highest BCUT2D eigenvalue weighted by Crippen LogP contribution is 2.12. The Bertz CT molecular complexity index is 493. The number of hydrogen-bond acceptors (Lipinski definition) is 3. The van der Waals surface area contributed by atoms with E-state index in [1.165, 1.54) is 0 Å². The van der Waals surface area contributed by atoms with Gasteiger partial charge in [0.25, 0.3) is 5.24 Å². The van der Waals surface area contributed by atoms with Crippen molar-refractivity contribution in [2.45, 2.75) is 6.92 Å². The van der Waals surface area contributed by atoms with Gasteiger partial charge in [0.2, 0.25) is 0 Å². The van der Waals surface area contributed by atoms with Gasteiger partial charge in [-0.1, -0.05) is 23.4 Å². The lowest BCUT2D eigenvalue weighted by atomic mass is 10.3. The van der Waals surface area contributed by atoms with Gasteiger partial charge in [0.05, 0.1) is 11.4 Å². The van der Waals surface area contributed by atoms with Crippen LogP contribution >= 0.6 is 11.6 Å². The first-order chi connectivity index (χ1) is 7.20. The summed E-state index contributed by atoms with van der Waals surface area (Å²) in [4.78, 5) is 11.0. The zero-order valence-corrected chi connectivity index (χ0v) is 8.77. The number of benzene rings is 1. The van der Waals surface area contributed by atoms with E-state index >= 15 is 0 Å². The van der Waals surface area contributed by atoms with Crippen molar-refractivity contribution in [3.8, 4) is 5.69 Å². The molecule has 1 aromatic carbocycles. The van der Waals surface area contributed by atoms with Crippen LogP contribution in [-0.2, 0) is 0 Å². The topological polar surface area (TPSA) is 47.8 Å². The lowest BCUT2D eigenvalue weighted by Crippen LogP contribution is -1.99. The third-order valence-corrected chi connectivity index (χ3v) is 2.26. The van der Waals surface area contributed by atoms with E-state index in [1.54, 1.807) is 11.6 Å². The molecule has 0 aliphatic rings. The molecule has 0 amide bonds. The number of rotatable bonds is 2. The molecule has 4 nitrogen and oxygen atoms in total. The molecule has 0 saturated carbocycles. The van der Waals surface area contributed by atoms with E-state index in [9.17, 15) is 4.79 Å². The lowest BCUT2D eigenvalue weighted by molar-refractivity contribution is 0.107. The third kappa shape index (κ3) is 1.76. The van der Waals surface area contributed by atoms with Gasteiger partial charge in [0.1, 0.15) is 0 Å². The van der Waals surface area contributed by atoms with Crippen molar-refractivity contribution in [3.05, 3.63) is 41.7 Å². The van der Waals surface area contributed by atoms with Crippen LogP contribution in [0.2, 0.25) is 0 Å². The standard InChI is InChI=1S/C10H8ClN3O/c1-7-9(10(11)15)12-13-14(7)8-5-3-2-4-6-8/h2-6H,1H3. The molecule has 0 unspecified atom stereocenters. The molecule has 0 bridgehead atoms. The molecular weight excluding hydrogens is 214 g/mol. The highest BCUT2D eigenvalue weighted by atomic mass is 35.5. The van der Waals surface area contributed by atoms with Crippen molar-refractivity contribution in [1.29, 1.82) is 0 Å². The largest absolute Gasteiger partial charge is 0.274 e. The van der Waals surface area contributed by atoms with Crippen LogP contribution in [0.4, 0.5) is 0 Å². The second-order valence-electron chi connectivity index (χ2n) is 3.04. The molecule has 15 heavy (non-hydrogen) atoms. The second kappa shape index (κ2) is 3.82.